The minimum absolute atomic E-state index is 0.0330. The second-order valence-corrected chi connectivity index (χ2v) is 35.7. The lowest BCUT2D eigenvalue weighted by molar-refractivity contribution is -0.143. The summed E-state index contributed by atoms with van der Waals surface area (Å²) in [4.78, 5) is 289. The molecular weight excluding hydrogens is 1920 g/mol. The van der Waals surface area contributed by atoms with E-state index in [4.69, 9.17) is 11.5 Å². The molecule has 20 atom stereocenters. The Bertz CT molecular complexity index is 5100. The Balaban J connectivity index is 1.43. The predicted molar refractivity (Wildman–Crippen MR) is 521 cm³/mol. The molecule has 52 nitrogen and oxygen atoms in total. The molecule has 0 aliphatic rings. The van der Waals surface area contributed by atoms with Gasteiger partial charge in [0.05, 0.1) is 58.7 Å². The van der Waals surface area contributed by atoms with Crippen LogP contribution < -0.4 is 112 Å². The lowest BCUT2D eigenvalue weighted by atomic mass is 9.94. The third-order valence-electron chi connectivity index (χ3n) is 23.7. The molecule has 0 saturated heterocycles. The number of hydrogen-bond donors (Lipinski definition) is 31. The fraction of sp³-hybridized carbons (Fsp3) is 0.564. The molecule has 0 spiro atoms. The molecule has 0 aliphatic carbocycles. The van der Waals surface area contributed by atoms with E-state index in [1.54, 1.807) is 85.9 Å². The first-order chi connectivity index (χ1) is 69.0. The number of para-hydroxylation sites is 1. The Morgan fingerprint density at radius 1 is 0.342 bits per heavy atom. The van der Waals surface area contributed by atoms with Gasteiger partial charge in [-0.05, 0) is 130 Å². The van der Waals surface area contributed by atoms with Gasteiger partial charge in [0.15, 0.2) is 0 Å². The van der Waals surface area contributed by atoms with Gasteiger partial charge in [-0.25, -0.2) is 4.79 Å². The maximum absolute atomic E-state index is 14.9. The number of carbonyl (C=O) groups is 21. The number of aromatic hydroxyl groups is 2. The van der Waals surface area contributed by atoms with Gasteiger partial charge < -0.3 is 163 Å². The molecule has 3 aromatic carbocycles. The number of carbonyl (C=O) groups excluding carboxylic acids is 19. The van der Waals surface area contributed by atoms with Crippen LogP contribution in [0.4, 0.5) is 0 Å². The molecule has 0 radical (unpaired) electrons. The Morgan fingerprint density at radius 2 is 0.699 bits per heavy atom. The molecule has 0 saturated carbocycles. The van der Waals surface area contributed by atoms with Crippen molar-refractivity contribution in [3.05, 3.63) is 95.7 Å². The summed E-state index contributed by atoms with van der Waals surface area (Å²) in [5, 5.41) is 136. The summed E-state index contributed by atoms with van der Waals surface area (Å²) < 4.78 is 0. The second-order valence-electron chi connectivity index (χ2n) is 35.7. The summed E-state index contributed by atoms with van der Waals surface area (Å²) in [6, 6.07) is -8.65. The number of hydrogen-bond acceptors (Lipinski definition) is 30. The third kappa shape index (κ3) is 41.6. The van der Waals surface area contributed by atoms with Crippen molar-refractivity contribution in [1.82, 2.24) is 106 Å². The summed E-state index contributed by atoms with van der Waals surface area (Å²) in [6.45, 7) is 9.38. The van der Waals surface area contributed by atoms with E-state index < -0.39 is 317 Å². The SMILES string of the molecule is CC[C@H](C)[C@H](NC(=O)CNC(=O)[C@@H](NC(=O)[C@H](Cc1c[nH]c2ccccc12)NC(=O)[C@H](CCC(=O)O)NC(=O)[C@H](CC(C)C)NC(=O)CNC(=O)[C@H](CCCCN)NC(=O)CN)[C@@H](C)CC)C(=O)N[C@H](C(=O)N[C@@H](CO)C(=O)N[C@@H](CO)C(=O)NCC(=O)N[C@@H](C)C(=O)N[C@@H](CO)C(=O)N[C@H](C(=O)N[C@@H](Cc1ccc(O)cc1)C(=O)N[C@@H](Cc1ccc(O)cc1)C(=O)N[C@@H](C)C(=O)N[C@@H](CO)C(=O)O)[C@@H](C)O)[C@@H](C)CC. The minimum atomic E-state index is -2.00. The first kappa shape index (κ1) is 124. The highest BCUT2D eigenvalue weighted by atomic mass is 16.4. The number of benzene rings is 3. The summed E-state index contributed by atoms with van der Waals surface area (Å²) >= 11 is 0. The molecule has 146 heavy (non-hydrogen) atoms. The van der Waals surface area contributed by atoms with Crippen molar-refractivity contribution < 1.29 is 147 Å². The highest BCUT2D eigenvalue weighted by molar-refractivity contribution is 6.02. The average molecular weight is 2060 g/mol. The number of nitrogens with one attached hydrogen (secondary N) is 20. The lowest BCUT2D eigenvalue weighted by Crippen LogP contribution is -2.62. The van der Waals surface area contributed by atoms with E-state index in [0.717, 1.165) is 13.8 Å². The van der Waals surface area contributed by atoms with Crippen LogP contribution >= 0.6 is 0 Å². The van der Waals surface area contributed by atoms with Crippen LogP contribution in [-0.4, -0.2) is 337 Å². The van der Waals surface area contributed by atoms with Crippen LogP contribution in [-0.2, 0) is 120 Å². The molecule has 1 aromatic heterocycles. The lowest BCUT2D eigenvalue weighted by Gasteiger charge is -2.30. The number of amides is 19. The van der Waals surface area contributed by atoms with Crippen molar-refractivity contribution >= 4 is 135 Å². The van der Waals surface area contributed by atoms with E-state index in [1.807, 2.05) is 5.32 Å². The van der Waals surface area contributed by atoms with Gasteiger partial charge in [-0.1, -0.05) is 117 Å². The number of aliphatic carboxylic acids is 2. The van der Waals surface area contributed by atoms with Gasteiger partial charge in [0, 0.05) is 42.8 Å². The Kier molecular flexibility index (Phi) is 53.2. The summed E-state index contributed by atoms with van der Waals surface area (Å²) in [5.41, 5.74) is 12.8. The quantitative estimate of drug-likeness (QED) is 0.0183. The molecule has 4 aromatic rings. The maximum atomic E-state index is 14.9. The van der Waals surface area contributed by atoms with Crippen LogP contribution in [0.1, 0.15) is 151 Å². The zero-order valence-corrected chi connectivity index (χ0v) is 83.2. The Labute approximate surface area is 841 Å². The fourth-order valence-electron chi connectivity index (χ4n) is 14.4. The molecule has 19 amide bonds. The van der Waals surface area contributed by atoms with Gasteiger partial charge in [0.25, 0.3) is 0 Å². The number of H-pyrrole nitrogens is 1. The number of aliphatic hydroxyl groups excluding tert-OH is 5. The summed E-state index contributed by atoms with van der Waals surface area (Å²) in [6.07, 6.45) is -0.758. The first-order valence-electron chi connectivity index (χ1n) is 47.7. The molecule has 52 heteroatoms. The van der Waals surface area contributed by atoms with E-state index in [9.17, 15) is 147 Å². The van der Waals surface area contributed by atoms with Gasteiger partial charge in [-0.15, -0.1) is 0 Å². The normalized spacial score (nSPS) is 15.3. The topological polar surface area (TPSA) is 837 Å². The highest BCUT2D eigenvalue weighted by Gasteiger charge is 2.41. The molecule has 4 rings (SSSR count). The van der Waals surface area contributed by atoms with Crippen LogP contribution in [0, 0.1) is 23.7 Å². The monoisotopic (exact) mass is 2060 g/mol. The number of aromatic amines is 1. The molecule has 33 N–H and O–H groups in total. The molecule has 808 valence electrons. The van der Waals surface area contributed by atoms with Gasteiger partial charge in [-0.3, -0.25) is 95.9 Å². The number of nitrogens with two attached hydrogens (primary N) is 2. The molecule has 0 fully saturated rings. The number of carboxylic acids is 2. The van der Waals surface area contributed by atoms with E-state index in [2.05, 4.69) is 101 Å². The highest BCUT2D eigenvalue weighted by Crippen LogP contribution is 2.23. The minimum Gasteiger partial charge on any atom is -0.508 e. The van der Waals surface area contributed by atoms with Crippen LogP contribution in [0.15, 0.2) is 79.0 Å². The van der Waals surface area contributed by atoms with E-state index >= 15 is 0 Å². The number of aliphatic hydroxyl groups is 5. The zero-order valence-electron chi connectivity index (χ0n) is 83.2. The van der Waals surface area contributed by atoms with Gasteiger partial charge >= 0.3 is 11.9 Å². The molecule has 1 heterocycles. The number of rotatable bonds is 65. The maximum Gasteiger partial charge on any atom is 0.328 e. The van der Waals surface area contributed by atoms with Crippen molar-refractivity contribution in [2.45, 2.75) is 256 Å². The molecule has 0 aliphatic heterocycles. The van der Waals surface area contributed by atoms with Crippen LogP contribution in [0.25, 0.3) is 10.9 Å². The smallest absolute Gasteiger partial charge is 0.328 e. The van der Waals surface area contributed by atoms with Crippen molar-refractivity contribution in [3.8, 4) is 11.5 Å². The van der Waals surface area contributed by atoms with Crippen LogP contribution in [0.3, 0.4) is 0 Å². The zero-order chi connectivity index (χ0) is 109. The van der Waals surface area contributed by atoms with Gasteiger partial charge in [0.1, 0.15) is 108 Å². The van der Waals surface area contributed by atoms with E-state index in [-0.39, 0.29) is 67.9 Å². The molecular formula is C94H142N22O30. The number of phenolic OH excluding ortho intramolecular Hbond substituents is 2. The van der Waals surface area contributed by atoms with Gasteiger partial charge in [-0.2, -0.15) is 0 Å². The standard InChI is InChI=1S/C94H142N22O30/c1-12-47(6)75(114-87(138)65(36-55-38-97-59-20-16-15-19-58(55)59)107-83(134)61(30-31-74(128)129)105-85(136)62(33-46(4)5)104-72(126)40-98-81(132)60(21-17-18-32-95)103-70(124)37-96)90(141)100-41-73(127)113-76(48(7)13-2)92(143)115-77(49(8)14-3)91(142)111-67(43-118)88(139)110-66(42-117)82(133)99-39-71(125)101-50(9)79(130)109-68(44-119)89(140)116-78(52(11)121)93(144)108-64(35-54-24-28-57(123)29-25-54)86(137)106-63(34-53-22-26-56(122)27-23-53)84(135)102-51(10)80(131)112-69(45-120)94(145)146/h15-16,19-20,22-29,38,46-52,60-69,75-78,97,117-123H,12-14,17-18,21,30-37,39-45,95-96H2,1-11H3,(H,98,132)(H,99,133)(H,100,141)(H,101,125)(H,102,135)(H,103,124)(H,104,126)(H,105,136)(H,106,137)(H,107,134)(H,108,144)(H,109,130)(H,110,139)(H,111,142)(H,112,131)(H,113,127)(H,114,138)(H,115,143)(H,116,140)(H,128,129)(H,145,146)/t47-,48-,49-,50-,51-,52+,60-,61-,62-,63-,64-,65-,66-,67-,68-,69-,75-,76-,77-,78-/m0/s1. The van der Waals surface area contributed by atoms with E-state index in [0.29, 0.717) is 41.4 Å². The van der Waals surface area contributed by atoms with Crippen molar-refractivity contribution in [2.24, 2.45) is 35.1 Å². The number of carboxylic acid groups (broad SMARTS) is 2. The Hall–Kier alpha value is -14.6. The van der Waals surface area contributed by atoms with Crippen LogP contribution in [0.2, 0.25) is 0 Å². The number of aromatic nitrogens is 1. The van der Waals surface area contributed by atoms with Crippen molar-refractivity contribution in [2.75, 3.05) is 59.2 Å². The van der Waals surface area contributed by atoms with E-state index in [1.165, 1.54) is 55.5 Å². The van der Waals surface area contributed by atoms with Crippen molar-refractivity contribution in [1.29, 1.82) is 0 Å². The third-order valence-corrected chi connectivity index (χ3v) is 23.7. The number of unbranched alkanes of at least 4 members (excludes halogenated alkanes) is 1. The number of fused-ring (bicyclic) bond motifs is 1. The summed E-state index contributed by atoms with van der Waals surface area (Å²) in [7, 11) is 0. The van der Waals surface area contributed by atoms with Crippen LogP contribution in [0.5, 0.6) is 11.5 Å². The fourth-order valence-corrected chi connectivity index (χ4v) is 14.4. The Morgan fingerprint density at radius 3 is 1.19 bits per heavy atom. The average Bonchev–Trinajstić information content (AvgIpc) is 1.73. The molecule has 0 unspecified atom stereocenters. The number of phenols is 2. The summed E-state index contributed by atoms with van der Waals surface area (Å²) in [5.74, 6) is -25.5. The second kappa shape index (κ2) is 62.8. The predicted octanol–water partition coefficient (Wildman–Crippen LogP) is -8.68. The van der Waals surface area contributed by atoms with Gasteiger partial charge in [0.2, 0.25) is 112 Å². The molecule has 0 bridgehead atoms. The first-order valence-corrected chi connectivity index (χ1v) is 47.7. The van der Waals surface area contributed by atoms with Crippen molar-refractivity contribution in [3.63, 3.8) is 0 Å². The largest absolute Gasteiger partial charge is 0.508 e.